The van der Waals surface area contributed by atoms with Gasteiger partial charge < -0.3 is 5.32 Å². The number of hydrogen-bond donors (Lipinski definition) is 1. The van der Waals surface area contributed by atoms with E-state index in [4.69, 9.17) is 0 Å². The Kier molecular flexibility index (Phi) is 2.39. The van der Waals surface area contributed by atoms with E-state index in [0.29, 0.717) is 5.92 Å². The third-order valence-electron chi connectivity index (χ3n) is 4.02. The Balaban J connectivity index is 1.66. The lowest BCUT2D eigenvalue weighted by molar-refractivity contribution is -0.121. The van der Waals surface area contributed by atoms with Crippen molar-refractivity contribution in [2.24, 2.45) is 17.8 Å². The molecule has 84 valence electrons. The zero-order valence-electron chi connectivity index (χ0n) is 9.23. The highest BCUT2D eigenvalue weighted by atomic mass is 16.1. The first-order valence-corrected chi connectivity index (χ1v) is 6.04. The Hall–Kier alpha value is -1.38. The lowest BCUT2D eigenvalue weighted by Gasteiger charge is -2.20. The van der Waals surface area contributed by atoms with E-state index in [2.05, 4.69) is 10.3 Å². The molecular formula is C13H16N2O. The van der Waals surface area contributed by atoms with Gasteiger partial charge in [-0.2, -0.15) is 0 Å². The van der Waals surface area contributed by atoms with Gasteiger partial charge >= 0.3 is 0 Å². The molecule has 3 rings (SSSR count). The average Bonchev–Trinajstić information content (AvgIpc) is 2.92. The van der Waals surface area contributed by atoms with Gasteiger partial charge in [0.05, 0.1) is 0 Å². The summed E-state index contributed by atoms with van der Waals surface area (Å²) in [5.41, 5.74) is 0.864. The second kappa shape index (κ2) is 3.89. The minimum Gasteiger partial charge on any atom is -0.326 e. The number of nitrogens with one attached hydrogen (secondary N) is 1. The molecule has 3 nitrogen and oxygen atoms in total. The molecule has 3 unspecified atom stereocenters. The van der Waals surface area contributed by atoms with Gasteiger partial charge in [0.15, 0.2) is 0 Å². The molecule has 2 saturated carbocycles. The zero-order chi connectivity index (χ0) is 11.0. The number of hydrogen-bond acceptors (Lipinski definition) is 2. The van der Waals surface area contributed by atoms with Crippen molar-refractivity contribution >= 4 is 11.6 Å². The van der Waals surface area contributed by atoms with E-state index in [9.17, 15) is 4.79 Å². The predicted molar refractivity (Wildman–Crippen MR) is 61.8 cm³/mol. The quantitative estimate of drug-likeness (QED) is 0.825. The smallest absolute Gasteiger partial charge is 0.227 e. The second-order valence-corrected chi connectivity index (χ2v) is 5.01. The molecular weight excluding hydrogens is 200 g/mol. The molecule has 16 heavy (non-hydrogen) atoms. The number of anilines is 1. The summed E-state index contributed by atoms with van der Waals surface area (Å²) in [7, 11) is 0. The van der Waals surface area contributed by atoms with E-state index < -0.39 is 0 Å². The number of fused-ring (bicyclic) bond motifs is 2. The molecule has 2 fully saturated rings. The van der Waals surface area contributed by atoms with Crippen molar-refractivity contribution in [2.45, 2.75) is 25.7 Å². The molecule has 0 spiro atoms. The van der Waals surface area contributed by atoms with Gasteiger partial charge in [-0.3, -0.25) is 9.78 Å². The minimum atomic E-state index is 0.207. The normalized spacial score (nSPS) is 31.6. The van der Waals surface area contributed by atoms with Gasteiger partial charge in [0.1, 0.15) is 0 Å². The van der Waals surface area contributed by atoms with Crippen molar-refractivity contribution in [1.82, 2.24) is 4.98 Å². The maximum Gasteiger partial charge on any atom is 0.227 e. The molecule has 2 aliphatic rings. The summed E-state index contributed by atoms with van der Waals surface area (Å²) in [6, 6.07) is 3.68. The third kappa shape index (κ3) is 1.70. The molecule has 0 aromatic carbocycles. The first kappa shape index (κ1) is 9.82. The van der Waals surface area contributed by atoms with Crippen LogP contribution in [0.2, 0.25) is 0 Å². The Morgan fingerprint density at radius 1 is 1.25 bits per heavy atom. The van der Waals surface area contributed by atoms with Crippen LogP contribution in [-0.4, -0.2) is 10.9 Å². The van der Waals surface area contributed by atoms with Gasteiger partial charge in [-0.05, 0) is 43.2 Å². The largest absolute Gasteiger partial charge is 0.326 e. The molecule has 2 aliphatic carbocycles. The first-order valence-electron chi connectivity index (χ1n) is 6.04. The lowest BCUT2D eigenvalue weighted by atomic mass is 9.88. The Bertz CT molecular complexity index is 390. The van der Waals surface area contributed by atoms with Gasteiger partial charge in [-0.1, -0.05) is 6.42 Å². The molecule has 1 N–H and O–H groups in total. The van der Waals surface area contributed by atoms with Crippen molar-refractivity contribution < 1.29 is 4.79 Å². The van der Waals surface area contributed by atoms with Gasteiger partial charge in [-0.15, -0.1) is 0 Å². The van der Waals surface area contributed by atoms with Crippen LogP contribution in [0.5, 0.6) is 0 Å². The van der Waals surface area contributed by atoms with E-state index in [1.165, 1.54) is 19.3 Å². The Morgan fingerprint density at radius 2 is 2.06 bits per heavy atom. The highest BCUT2D eigenvalue weighted by Gasteiger charge is 2.42. The minimum absolute atomic E-state index is 0.207. The number of amides is 1. The zero-order valence-corrected chi connectivity index (χ0v) is 9.23. The number of carbonyl (C=O) groups excluding carboxylic acids is 1. The molecule has 0 radical (unpaired) electrons. The predicted octanol–water partition coefficient (Wildman–Crippen LogP) is 2.46. The van der Waals surface area contributed by atoms with Crippen LogP contribution in [0.4, 0.5) is 5.69 Å². The summed E-state index contributed by atoms with van der Waals surface area (Å²) in [6.07, 6.45) is 8.37. The number of aromatic nitrogens is 1. The number of rotatable bonds is 2. The fourth-order valence-corrected chi connectivity index (χ4v) is 3.24. The van der Waals surface area contributed by atoms with E-state index in [1.807, 2.05) is 12.1 Å². The molecule has 3 atom stereocenters. The molecule has 0 aliphatic heterocycles. The van der Waals surface area contributed by atoms with Crippen LogP contribution in [0.25, 0.3) is 0 Å². The van der Waals surface area contributed by atoms with Gasteiger partial charge in [0, 0.05) is 24.0 Å². The summed E-state index contributed by atoms with van der Waals surface area (Å²) < 4.78 is 0. The molecule has 1 aromatic heterocycles. The van der Waals surface area contributed by atoms with E-state index >= 15 is 0 Å². The van der Waals surface area contributed by atoms with Crippen LogP contribution in [0.1, 0.15) is 25.7 Å². The second-order valence-electron chi connectivity index (χ2n) is 5.01. The molecule has 3 heteroatoms. The SMILES string of the molecule is O=C(Nc1ccncc1)C1CC2CCC1C2. The third-order valence-corrected chi connectivity index (χ3v) is 4.02. The topological polar surface area (TPSA) is 42.0 Å². The van der Waals surface area contributed by atoms with Crippen molar-refractivity contribution in [3.8, 4) is 0 Å². The number of nitrogens with zero attached hydrogens (tertiary/aromatic N) is 1. The first-order chi connectivity index (χ1) is 7.83. The Morgan fingerprint density at radius 3 is 2.69 bits per heavy atom. The number of carbonyl (C=O) groups is 1. The van der Waals surface area contributed by atoms with Crippen molar-refractivity contribution in [3.63, 3.8) is 0 Å². The van der Waals surface area contributed by atoms with Crippen LogP contribution >= 0.6 is 0 Å². The Labute approximate surface area is 95.3 Å². The van der Waals surface area contributed by atoms with E-state index in [1.54, 1.807) is 12.4 Å². The van der Waals surface area contributed by atoms with Crippen LogP contribution < -0.4 is 5.32 Å². The van der Waals surface area contributed by atoms with Gasteiger partial charge in [-0.25, -0.2) is 0 Å². The van der Waals surface area contributed by atoms with Gasteiger partial charge in [0.2, 0.25) is 5.91 Å². The highest BCUT2D eigenvalue weighted by Crippen LogP contribution is 2.48. The number of pyridine rings is 1. The average molecular weight is 216 g/mol. The molecule has 0 saturated heterocycles. The van der Waals surface area contributed by atoms with Crippen molar-refractivity contribution in [2.75, 3.05) is 5.32 Å². The summed E-state index contributed by atoms with van der Waals surface area (Å²) in [4.78, 5) is 16.0. The summed E-state index contributed by atoms with van der Waals surface area (Å²) in [5.74, 6) is 1.93. The van der Waals surface area contributed by atoms with Crippen LogP contribution in [0.15, 0.2) is 24.5 Å². The molecule has 1 aromatic rings. The van der Waals surface area contributed by atoms with Crippen LogP contribution in [0.3, 0.4) is 0 Å². The van der Waals surface area contributed by atoms with Crippen LogP contribution in [0, 0.1) is 17.8 Å². The maximum atomic E-state index is 12.1. The molecule has 1 heterocycles. The summed E-state index contributed by atoms with van der Waals surface area (Å²) >= 11 is 0. The highest BCUT2D eigenvalue weighted by molar-refractivity contribution is 5.92. The summed E-state index contributed by atoms with van der Waals surface area (Å²) in [6.45, 7) is 0. The fourth-order valence-electron chi connectivity index (χ4n) is 3.24. The van der Waals surface area contributed by atoms with E-state index in [0.717, 1.165) is 18.0 Å². The monoisotopic (exact) mass is 216 g/mol. The lowest BCUT2D eigenvalue weighted by Crippen LogP contribution is -2.27. The van der Waals surface area contributed by atoms with Crippen LogP contribution in [-0.2, 0) is 4.79 Å². The van der Waals surface area contributed by atoms with Gasteiger partial charge in [0.25, 0.3) is 0 Å². The van der Waals surface area contributed by atoms with Crippen molar-refractivity contribution in [3.05, 3.63) is 24.5 Å². The standard InChI is InChI=1S/C13H16N2O/c16-13(15-11-3-5-14-6-4-11)12-8-9-1-2-10(12)7-9/h3-6,9-10,12H,1-2,7-8H2,(H,14,15,16). The fraction of sp³-hybridized carbons (Fsp3) is 0.538. The van der Waals surface area contributed by atoms with Crippen molar-refractivity contribution in [1.29, 1.82) is 0 Å². The molecule has 2 bridgehead atoms. The maximum absolute atomic E-state index is 12.1. The summed E-state index contributed by atoms with van der Waals surface area (Å²) in [5, 5.41) is 2.99. The molecule has 1 amide bonds. The van der Waals surface area contributed by atoms with E-state index in [-0.39, 0.29) is 11.8 Å².